The minimum absolute atomic E-state index is 0.0490. The summed E-state index contributed by atoms with van der Waals surface area (Å²) in [5, 5.41) is 11.1. The maximum atomic E-state index is 12.2. The lowest BCUT2D eigenvalue weighted by molar-refractivity contribution is -0.140. The second kappa shape index (κ2) is 5.05. The fraction of sp³-hybridized carbons (Fsp3) is 0.762. The van der Waals surface area contributed by atoms with Crippen LogP contribution in [0.25, 0.3) is 0 Å². The average Bonchev–Trinajstić information content (AvgIpc) is 2.87. The molecule has 7 atom stereocenters. The quantitative estimate of drug-likeness (QED) is 0.784. The molecule has 0 heterocycles. The van der Waals surface area contributed by atoms with Crippen molar-refractivity contribution in [1.29, 1.82) is 0 Å². The Morgan fingerprint density at radius 3 is 2.78 bits per heavy atom. The number of aliphatic hydroxyl groups is 1. The molecule has 0 aromatic heterocycles. The summed E-state index contributed by atoms with van der Waals surface area (Å²) in [6.45, 7) is 6.34. The summed E-state index contributed by atoms with van der Waals surface area (Å²) in [6, 6.07) is 0. The predicted molar refractivity (Wildman–Crippen MR) is 91.8 cm³/mol. The minimum atomic E-state index is -0.336. The van der Waals surface area contributed by atoms with Crippen LogP contribution >= 0.6 is 0 Å². The first-order valence-electron chi connectivity index (χ1n) is 9.46. The normalized spacial score (nSPS) is 51.5. The molecule has 1 N–H and O–H groups in total. The number of carbonyl (C=O) groups is 1. The lowest BCUT2D eigenvalue weighted by Crippen LogP contribution is -2.55. The van der Waals surface area contributed by atoms with Crippen molar-refractivity contribution < 1.29 is 9.90 Å². The van der Waals surface area contributed by atoms with Gasteiger partial charge in [0.15, 0.2) is 0 Å². The molecule has 2 heteroatoms. The first-order chi connectivity index (χ1) is 10.9. The van der Waals surface area contributed by atoms with Gasteiger partial charge in [0.05, 0.1) is 6.10 Å². The first-order valence-corrected chi connectivity index (χ1v) is 9.46. The molecule has 0 aromatic carbocycles. The van der Waals surface area contributed by atoms with Crippen molar-refractivity contribution in [3.63, 3.8) is 0 Å². The van der Waals surface area contributed by atoms with E-state index in [-0.39, 0.29) is 28.6 Å². The van der Waals surface area contributed by atoms with Crippen LogP contribution in [0.5, 0.6) is 0 Å². The van der Waals surface area contributed by atoms with Crippen LogP contribution in [-0.2, 0) is 4.79 Å². The summed E-state index contributed by atoms with van der Waals surface area (Å²) >= 11 is 0. The van der Waals surface area contributed by atoms with Gasteiger partial charge in [0.1, 0.15) is 5.78 Å². The highest BCUT2D eigenvalue weighted by atomic mass is 16.3. The van der Waals surface area contributed by atoms with Gasteiger partial charge in [-0.2, -0.15) is 0 Å². The van der Waals surface area contributed by atoms with Crippen LogP contribution in [0.3, 0.4) is 0 Å². The molecule has 4 rings (SSSR count). The van der Waals surface area contributed by atoms with Crippen LogP contribution in [0, 0.1) is 34.5 Å². The van der Waals surface area contributed by atoms with Gasteiger partial charge < -0.3 is 5.11 Å². The van der Waals surface area contributed by atoms with E-state index in [0.29, 0.717) is 17.8 Å². The number of Topliss-reactive ketones (excluding diaryl/α,β-unsaturated/α-hetero) is 1. The summed E-state index contributed by atoms with van der Waals surface area (Å²) in [7, 11) is 0. The van der Waals surface area contributed by atoms with E-state index in [1.54, 1.807) is 6.92 Å². The molecule has 2 fully saturated rings. The molecule has 0 aromatic rings. The van der Waals surface area contributed by atoms with Crippen molar-refractivity contribution in [1.82, 2.24) is 0 Å². The van der Waals surface area contributed by atoms with Crippen LogP contribution in [0.15, 0.2) is 23.8 Å². The molecule has 0 amide bonds. The Morgan fingerprint density at radius 1 is 1.26 bits per heavy atom. The fourth-order valence-corrected chi connectivity index (χ4v) is 6.82. The third-order valence-corrected chi connectivity index (χ3v) is 8.17. The zero-order chi connectivity index (χ0) is 16.4. The number of allylic oxidation sites excluding steroid dienone is 4. The SMILES string of the molecule is CC(=O)C1CCC2C3C=CC4=CCCCC4(C)C3CC(O)C12C. The number of aliphatic hydroxyl groups excluding tert-OH is 1. The molecule has 2 nitrogen and oxygen atoms in total. The highest BCUT2D eigenvalue weighted by Gasteiger charge is 2.62. The Morgan fingerprint density at radius 2 is 2.04 bits per heavy atom. The summed E-state index contributed by atoms with van der Waals surface area (Å²) in [4.78, 5) is 12.2. The molecule has 0 bridgehead atoms. The highest BCUT2D eigenvalue weighted by molar-refractivity contribution is 5.79. The zero-order valence-corrected chi connectivity index (χ0v) is 14.7. The Labute approximate surface area is 140 Å². The van der Waals surface area contributed by atoms with E-state index in [0.717, 1.165) is 19.3 Å². The molecule has 2 saturated carbocycles. The van der Waals surface area contributed by atoms with Crippen LogP contribution in [0.4, 0.5) is 0 Å². The summed E-state index contributed by atoms with van der Waals surface area (Å²) in [5.41, 5.74) is 1.51. The Kier molecular flexibility index (Phi) is 3.43. The summed E-state index contributed by atoms with van der Waals surface area (Å²) in [6.07, 6.45) is 13.5. The Bertz CT molecular complexity index is 589. The number of fused-ring (bicyclic) bond motifs is 5. The standard InChI is InChI=1S/C21H30O2/c1-13(22)16-9-10-17-15-8-7-14-6-4-5-11-20(14,2)18(15)12-19(23)21(16,17)3/h6-8,15-19,23H,4-5,9-12H2,1-3H3. The highest BCUT2D eigenvalue weighted by Crippen LogP contribution is 2.65. The summed E-state index contributed by atoms with van der Waals surface area (Å²) < 4.78 is 0. The smallest absolute Gasteiger partial charge is 0.133 e. The van der Waals surface area contributed by atoms with Gasteiger partial charge >= 0.3 is 0 Å². The van der Waals surface area contributed by atoms with Crippen molar-refractivity contribution in [3.05, 3.63) is 23.8 Å². The molecule has 7 unspecified atom stereocenters. The average molecular weight is 314 g/mol. The Hall–Kier alpha value is -0.890. The van der Waals surface area contributed by atoms with Crippen LogP contribution in [0.2, 0.25) is 0 Å². The van der Waals surface area contributed by atoms with Gasteiger partial charge in [0.25, 0.3) is 0 Å². The van der Waals surface area contributed by atoms with Gasteiger partial charge in [-0.3, -0.25) is 4.79 Å². The maximum absolute atomic E-state index is 12.2. The van der Waals surface area contributed by atoms with E-state index >= 15 is 0 Å². The second-order valence-corrected chi connectivity index (χ2v) is 8.98. The Balaban J connectivity index is 1.76. The van der Waals surface area contributed by atoms with Gasteiger partial charge in [-0.25, -0.2) is 0 Å². The van der Waals surface area contributed by atoms with Gasteiger partial charge in [-0.15, -0.1) is 0 Å². The van der Waals surface area contributed by atoms with E-state index in [2.05, 4.69) is 32.1 Å². The van der Waals surface area contributed by atoms with Crippen molar-refractivity contribution in [2.75, 3.05) is 0 Å². The molecular weight excluding hydrogens is 284 g/mol. The number of hydrogen-bond donors (Lipinski definition) is 1. The largest absolute Gasteiger partial charge is 0.393 e. The molecule has 4 aliphatic carbocycles. The number of ketones is 1. The van der Waals surface area contributed by atoms with E-state index in [1.807, 2.05) is 0 Å². The lowest BCUT2D eigenvalue weighted by Gasteiger charge is -2.57. The molecular formula is C21H30O2. The van der Waals surface area contributed by atoms with Gasteiger partial charge in [-0.1, -0.05) is 32.1 Å². The number of carbonyl (C=O) groups excluding carboxylic acids is 1. The van der Waals surface area contributed by atoms with Crippen LogP contribution in [0.1, 0.15) is 59.3 Å². The van der Waals surface area contributed by atoms with Crippen molar-refractivity contribution in [2.24, 2.45) is 34.5 Å². The van der Waals surface area contributed by atoms with E-state index in [4.69, 9.17) is 0 Å². The molecule has 23 heavy (non-hydrogen) atoms. The predicted octanol–water partition coefficient (Wildman–Crippen LogP) is 4.29. The second-order valence-electron chi connectivity index (χ2n) is 8.98. The molecule has 0 spiro atoms. The number of rotatable bonds is 1. The van der Waals surface area contributed by atoms with E-state index in [1.165, 1.54) is 24.8 Å². The van der Waals surface area contributed by atoms with Crippen molar-refractivity contribution in [2.45, 2.75) is 65.4 Å². The third kappa shape index (κ3) is 1.94. The minimum Gasteiger partial charge on any atom is -0.393 e. The van der Waals surface area contributed by atoms with E-state index in [9.17, 15) is 9.90 Å². The zero-order valence-electron chi connectivity index (χ0n) is 14.7. The van der Waals surface area contributed by atoms with Crippen molar-refractivity contribution >= 4 is 5.78 Å². The molecule has 0 aliphatic heterocycles. The molecule has 126 valence electrons. The fourth-order valence-electron chi connectivity index (χ4n) is 6.82. The maximum Gasteiger partial charge on any atom is 0.133 e. The molecule has 0 saturated heterocycles. The monoisotopic (exact) mass is 314 g/mol. The van der Waals surface area contributed by atoms with E-state index < -0.39 is 0 Å². The van der Waals surface area contributed by atoms with Crippen molar-refractivity contribution in [3.8, 4) is 0 Å². The third-order valence-electron chi connectivity index (χ3n) is 8.17. The number of hydrogen-bond acceptors (Lipinski definition) is 2. The first kappa shape index (κ1) is 15.6. The van der Waals surface area contributed by atoms with Crippen LogP contribution < -0.4 is 0 Å². The molecule has 0 radical (unpaired) electrons. The summed E-state index contributed by atoms with van der Waals surface area (Å²) in [5.74, 6) is 1.86. The lowest BCUT2D eigenvalue weighted by atomic mass is 9.47. The van der Waals surface area contributed by atoms with Gasteiger partial charge in [-0.05, 0) is 74.2 Å². The van der Waals surface area contributed by atoms with Crippen LogP contribution in [-0.4, -0.2) is 17.0 Å². The van der Waals surface area contributed by atoms with Gasteiger partial charge in [0.2, 0.25) is 0 Å². The van der Waals surface area contributed by atoms with Gasteiger partial charge in [0, 0.05) is 11.3 Å². The topological polar surface area (TPSA) is 37.3 Å². The molecule has 4 aliphatic rings.